The molecule has 3 N–H and O–H groups in total. The summed E-state index contributed by atoms with van der Waals surface area (Å²) < 4.78 is 43.0. The first-order valence-electron chi connectivity index (χ1n) is 4.99. The molecule has 0 saturated heterocycles. The number of benzene rings is 1. The fourth-order valence-corrected chi connectivity index (χ4v) is 2.36. The highest BCUT2D eigenvalue weighted by Gasteiger charge is 2.12. The van der Waals surface area contributed by atoms with Crippen LogP contribution in [0.2, 0.25) is 0 Å². The van der Waals surface area contributed by atoms with Crippen LogP contribution in [0, 0.1) is 5.82 Å². The zero-order valence-electron chi connectivity index (χ0n) is 9.44. The Morgan fingerprint density at radius 1 is 1.47 bits per heavy atom. The Hall–Kier alpha value is -1.34. The van der Waals surface area contributed by atoms with Crippen molar-refractivity contribution in [2.75, 3.05) is 29.9 Å². The van der Waals surface area contributed by atoms with Crippen LogP contribution in [-0.4, -0.2) is 27.9 Å². The Morgan fingerprint density at radius 2 is 2.18 bits per heavy atom. The van der Waals surface area contributed by atoms with Gasteiger partial charge >= 0.3 is 0 Å². The standard InChI is InChI=1S/C10H15FN2O3S/c1-16-5-2-6-17(14,15)13-10-4-3-8(11)7-9(10)12/h3-4,7,13H,2,5-6,12H2,1H3. The van der Waals surface area contributed by atoms with Crippen LogP contribution in [0.5, 0.6) is 0 Å². The Bertz CT molecular complexity index is 476. The number of hydrogen-bond donors (Lipinski definition) is 2. The molecule has 0 spiro atoms. The summed E-state index contributed by atoms with van der Waals surface area (Å²) >= 11 is 0. The number of anilines is 2. The number of nitrogens with one attached hydrogen (secondary N) is 1. The lowest BCUT2D eigenvalue weighted by atomic mass is 10.3. The molecule has 5 nitrogen and oxygen atoms in total. The fourth-order valence-electron chi connectivity index (χ4n) is 1.24. The summed E-state index contributed by atoms with van der Waals surface area (Å²) in [5.74, 6) is -0.581. The Kier molecular flexibility index (Phi) is 4.71. The molecule has 0 unspecified atom stereocenters. The van der Waals surface area contributed by atoms with Crippen molar-refractivity contribution in [1.29, 1.82) is 0 Å². The first-order valence-corrected chi connectivity index (χ1v) is 6.64. The molecule has 1 aromatic carbocycles. The van der Waals surface area contributed by atoms with E-state index in [-0.39, 0.29) is 17.1 Å². The summed E-state index contributed by atoms with van der Waals surface area (Å²) in [6.45, 7) is 0.361. The van der Waals surface area contributed by atoms with Crippen LogP contribution in [0.3, 0.4) is 0 Å². The van der Waals surface area contributed by atoms with E-state index in [1.807, 2.05) is 0 Å². The Labute approximate surface area is 99.8 Å². The smallest absolute Gasteiger partial charge is 0.232 e. The van der Waals surface area contributed by atoms with Crippen molar-refractivity contribution < 1.29 is 17.5 Å². The van der Waals surface area contributed by atoms with Gasteiger partial charge in [-0.1, -0.05) is 0 Å². The van der Waals surface area contributed by atoms with Gasteiger partial charge in [-0.3, -0.25) is 4.72 Å². The van der Waals surface area contributed by atoms with E-state index in [0.29, 0.717) is 13.0 Å². The number of rotatable bonds is 6. The van der Waals surface area contributed by atoms with E-state index in [9.17, 15) is 12.8 Å². The van der Waals surface area contributed by atoms with Crippen LogP contribution in [-0.2, 0) is 14.8 Å². The molecule has 0 bridgehead atoms. The molecule has 7 heteroatoms. The maximum atomic E-state index is 12.8. The van der Waals surface area contributed by atoms with Gasteiger partial charge in [-0.25, -0.2) is 12.8 Å². The summed E-state index contributed by atoms with van der Waals surface area (Å²) in [7, 11) is -1.98. The van der Waals surface area contributed by atoms with E-state index < -0.39 is 15.8 Å². The van der Waals surface area contributed by atoms with E-state index >= 15 is 0 Å². The molecule has 0 aliphatic carbocycles. The van der Waals surface area contributed by atoms with Crippen molar-refractivity contribution in [3.8, 4) is 0 Å². The zero-order chi connectivity index (χ0) is 12.9. The highest BCUT2D eigenvalue weighted by Crippen LogP contribution is 2.20. The zero-order valence-corrected chi connectivity index (χ0v) is 10.3. The molecule has 1 aromatic rings. The van der Waals surface area contributed by atoms with Crippen molar-refractivity contribution in [2.24, 2.45) is 0 Å². The second kappa shape index (κ2) is 5.83. The summed E-state index contributed by atoms with van der Waals surface area (Å²) in [5.41, 5.74) is 5.73. The van der Waals surface area contributed by atoms with E-state index in [1.54, 1.807) is 0 Å². The van der Waals surface area contributed by atoms with E-state index in [1.165, 1.54) is 13.2 Å². The molecular formula is C10H15FN2O3S. The molecule has 0 aliphatic rings. The Balaban J connectivity index is 2.69. The molecule has 96 valence electrons. The van der Waals surface area contributed by atoms with Gasteiger partial charge in [-0.05, 0) is 24.6 Å². The van der Waals surface area contributed by atoms with E-state index in [4.69, 9.17) is 10.5 Å². The van der Waals surface area contributed by atoms with Gasteiger partial charge in [0.05, 0.1) is 17.1 Å². The molecule has 0 fully saturated rings. The number of nitrogen functional groups attached to an aromatic ring is 1. The van der Waals surface area contributed by atoms with Gasteiger partial charge < -0.3 is 10.5 Å². The van der Waals surface area contributed by atoms with Gasteiger partial charge in [0.1, 0.15) is 5.82 Å². The predicted octanol–water partition coefficient (Wildman–Crippen LogP) is 1.19. The normalized spacial score (nSPS) is 11.4. The number of hydrogen-bond acceptors (Lipinski definition) is 4. The molecule has 0 atom stereocenters. The van der Waals surface area contributed by atoms with E-state index in [0.717, 1.165) is 12.1 Å². The van der Waals surface area contributed by atoms with Crippen LogP contribution < -0.4 is 10.5 Å². The fraction of sp³-hybridized carbons (Fsp3) is 0.400. The third-order valence-corrected chi connectivity index (χ3v) is 3.40. The number of sulfonamides is 1. The highest BCUT2D eigenvalue weighted by atomic mass is 32.2. The van der Waals surface area contributed by atoms with Crippen LogP contribution in [0.25, 0.3) is 0 Å². The predicted molar refractivity (Wildman–Crippen MR) is 64.7 cm³/mol. The minimum Gasteiger partial charge on any atom is -0.397 e. The van der Waals surface area contributed by atoms with Crippen LogP contribution in [0.4, 0.5) is 15.8 Å². The lowest BCUT2D eigenvalue weighted by molar-refractivity contribution is 0.199. The molecule has 0 radical (unpaired) electrons. The number of methoxy groups -OCH3 is 1. The third kappa shape index (κ3) is 4.58. The SMILES string of the molecule is COCCCS(=O)(=O)Nc1ccc(F)cc1N. The Morgan fingerprint density at radius 3 is 2.76 bits per heavy atom. The largest absolute Gasteiger partial charge is 0.397 e. The van der Waals surface area contributed by atoms with Gasteiger partial charge in [0.25, 0.3) is 0 Å². The molecule has 17 heavy (non-hydrogen) atoms. The van der Waals surface area contributed by atoms with Gasteiger partial charge in [0.15, 0.2) is 0 Å². The molecule has 0 heterocycles. The molecule has 0 saturated carbocycles. The minimum absolute atomic E-state index is 0.0558. The van der Waals surface area contributed by atoms with Crippen LogP contribution in [0.1, 0.15) is 6.42 Å². The molecule has 0 amide bonds. The monoisotopic (exact) mass is 262 g/mol. The second-order valence-corrected chi connectivity index (χ2v) is 5.34. The maximum absolute atomic E-state index is 12.8. The first-order chi connectivity index (χ1) is 7.94. The van der Waals surface area contributed by atoms with Gasteiger partial charge in [0, 0.05) is 13.7 Å². The highest BCUT2D eigenvalue weighted by molar-refractivity contribution is 7.92. The van der Waals surface area contributed by atoms with E-state index in [2.05, 4.69) is 4.72 Å². The van der Waals surface area contributed by atoms with Crippen molar-refractivity contribution in [1.82, 2.24) is 0 Å². The average Bonchev–Trinajstić information content (AvgIpc) is 2.22. The lowest BCUT2D eigenvalue weighted by Crippen LogP contribution is -2.18. The first kappa shape index (κ1) is 13.7. The molecule has 0 aliphatic heterocycles. The summed E-state index contributed by atoms with van der Waals surface area (Å²) in [6.07, 6.45) is 0.382. The molecular weight excluding hydrogens is 247 g/mol. The van der Waals surface area contributed by atoms with Crippen LogP contribution in [0.15, 0.2) is 18.2 Å². The number of ether oxygens (including phenoxy) is 1. The van der Waals surface area contributed by atoms with Gasteiger partial charge in [-0.15, -0.1) is 0 Å². The average molecular weight is 262 g/mol. The van der Waals surface area contributed by atoms with Crippen molar-refractivity contribution in [2.45, 2.75) is 6.42 Å². The van der Waals surface area contributed by atoms with Gasteiger partial charge in [-0.2, -0.15) is 0 Å². The van der Waals surface area contributed by atoms with Crippen molar-refractivity contribution in [3.63, 3.8) is 0 Å². The van der Waals surface area contributed by atoms with Crippen LogP contribution >= 0.6 is 0 Å². The second-order valence-electron chi connectivity index (χ2n) is 3.50. The van der Waals surface area contributed by atoms with Gasteiger partial charge in [0.2, 0.25) is 10.0 Å². The third-order valence-electron chi connectivity index (χ3n) is 2.04. The lowest BCUT2D eigenvalue weighted by Gasteiger charge is -2.09. The van der Waals surface area contributed by atoms with Crippen molar-refractivity contribution in [3.05, 3.63) is 24.0 Å². The van der Waals surface area contributed by atoms with Crippen molar-refractivity contribution >= 4 is 21.4 Å². The number of halogens is 1. The maximum Gasteiger partial charge on any atom is 0.232 e. The summed E-state index contributed by atoms with van der Waals surface area (Å²) in [6, 6.07) is 3.49. The number of nitrogens with two attached hydrogens (primary N) is 1. The summed E-state index contributed by atoms with van der Waals surface area (Å²) in [4.78, 5) is 0. The molecule has 1 rings (SSSR count). The summed E-state index contributed by atoms with van der Waals surface area (Å²) in [5, 5.41) is 0. The quantitative estimate of drug-likeness (QED) is 0.596. The molecule has 0 aromatic heterocycles. The topological polar surface area (TPSA) is 81.4 Å². The minimum atomic E-state index is -3.47.